The Morgan fingerprint density at radius 1 is 1.38 bits per heavy atom. The SMILES string of the molecule is C=CC1(C(=O)O)CCN(C(=O)C(C)C)CC1. The first kappa shape index (κ1) is 12.7. The summed E-state index contributed by atoms with van der Waals surface area (Å²) >= 11 is 0. The fourth-order valence-electron chi connectivity index (χ4n) is 2.00. The molecule has 4 nitrogen and oxygen atoms in total. The first-order valence-electron chi connectivity index (χ1n) is 5.59. The van der Waals surface area contributed by atoms with Crippen molar-refractivity contribution in [2.45, 2.75) is 26.7 Å². The number of rotatable bonds is 3. The summed E-state index contributed by atoms with van der Waals surface area (Å²) in [6.07, 6.45) is 2.43. The Morgan fingerprint density at radius 3 is 2.19 bits per heavy atom. The Kier molecular flexibility index (Phi) is 3.73. The zero-order valence-electron chi connectivity index (χ0n) is 9.90. The lowest BCUT2D eigenvalue weighted by Crippen LogP contribution is -2.46. The smallest absolute Gasteiger partial charge is 0.313 e. The van der Waals surface area contributed by atoms with E-state index in [2.05, 4.69) is 6.58 Å². The summed E-state index contributed by atoms with van der Waals surface area (Å²) < 4.78 is 0. The van der Waals surface area contributed by atoms with Crippen molar-refractivity contribution in [2.24, 2.45) is 11.3 Å². The van der Waals surface area contributed by atoms with Gasteiger partial charge in [-0.15, -0.1) is 6.58 Å². The molecule has 1 N–H and O–H groups in total. The van der Waals surface area contributed by atoms with Crippen LogP contribution in [0.2, 0.25) is 0 Å². The molecule has 0 spiro atoms. The number of hydrogen-bond acceptors (Lipinski definition) is 2. The van der Waals surface area contributed by atoms with Crippen LogP contribution in [0.1, 0.15) is 26.7 Å². The van der Waals surface area contributed by atoms with Gasteiger partial charge in [-0.2, -0.15) is 0 Å². The van der Waals surface area contributed by atoms with Gasteiger partial charge >= 0.3 is 5.97 Å². The van der Waals surface area contributed by atoms with Crippen LogP contribution in [-0.2, 0) is 9.59 Å². The standard InChI is InChI=1S/C12H19NO3/c1-4-12(11(15)16)5-7-13(8-6-12)10(14)9(2)3/h4,9H,1,5-8H2,2-3H3,(H,15,16). The van der Waals surface area contributed by atoms with Gasteiger partial charge in [0.05, 0.1) is 5.41 Å². The molecule has 16 heavy (non-hydrogen) atoms. The summed E-state index contributed by atoms with van der Waals surface area (Å²) in [5.74, 6) is -0.761. The number of amides is 1. The van der Waals surface area contributed by atoms with Gasteiger partial charge in [0, 0.05) is 19.0 Å². The van der Waals surface area contributed by atoms with E-state index in [-0.39, 0.29) is 11.8 Å². The van der Waals surface area contributed by atoms with E-state index >= 15 is 0 Å². The summed E-state index contributed by atoms with van der Waals surface area (Å²) in [5.41, 5.74) is -0.840. The minimum absolute atomic E-state index is 0.0268. The lowest BCUT2D eigenvalue weighted by atomic mass is 9.78. The van der Waals surface area contributed by atoms with Gasteiger partial charge in [0.1, 0.15) is 0 Å². The molecule has 1 heterocycles. The van der Waals surface area contributed by atoms with Crippen LogP contribution < -0.4 is 0 Å². The Balaban J connectivity index is 2.66. The second-order valence-electron chi connectivity index (χ2n) is 4.65. The predicted molar refractivity (Wildman–Crippen MR) is 60.9 cm³/mol. The van der Waals surface area contributed by atoms with E-state index in [9.17, 15) is 9.59 Å². The number of hydrogen-bond donors (Lipinski definition) is 1. The number of carbonyl (C=O) groups excluding carboxylic acids is 1. The molecular formula is C12H19NO3. The third-order valence-electron chi connectivity index (χ3n) is 3.28. The van der Waals surface area contributed by atoms with Crippen molar-refractivity contribution in [3.8, 4) is 0 Å². The number of carboxylic acids is 1. The first-order chi connectivity index (χ1) is 7.43. The maximum atomic E-state index is 11.7. The second-order valence-corrected chi connectivity index (χ2v) is 4.65. The average molecular weight is 225 g/mol. The van der Waals surface area contributed by atoms with Gasteiger partial charge in [-0.1, -0.05) is 19.9 Å². The van der Waals surface area contributed by atoms with E-state index in [1.54, 1.807) is 4.90 Å². The third kappa shape index (κ3) is 2.26. The van der Waals surface area contributed by atoms with Gasteiger partial charge in [-0.05, 0) is 12.8 Å². The minimum atomic E-state index is -0.840. The fourth-order valence-corrected chi connectivity index (χ4v) is 2.00. The summed E-state index contributed by atoms with van der Waals surface area (Å²) in [5, 5.41) is 9.15. The first-order valence-corrected chi connectivity index (χ1v) is 5.59. The van der Waals surface area contributed by atoms with Crippen molar-refractivity contribution in [1.82, 2.24) is 4.90 Å². The normalized spacial score (nSPS) is 19.6. The molecule has 0 aromatic carbocycles. The number of likely N-dealkylation sites (tertiary alicyclic amines) is 1. The fraction of sp³-hybridized carbons (Fsp3) is 0.667. The zero-order valence-corrected chi connectivity index (χ0v) is 9.90. The maximum Gasteiger partial charge on any atom is 0.313 e. The quantitative estimate of drug-likeness (QED) is 0.741. The van der Waals surface area contributed by atoms with Gasteiger partial charge < -0.3 is 10.0 Å². The van der Waals surface area contributed by atoms with Crippen molar-refractivity contribution in [2.75, 3.05) is 13.1 Å². The van der Waals surface area contributed by atoms with Crippen LogP contribution in [0.4, 0.5) is 0 Å². The number of carbonyl (C=O) groups is 2. The summed E-state index contributed by atoms with van der Waals surface area (Å²) in [6, 6.07) is 0. The monoisotopic (exact) mass is 225 g/mol. The second kappa shape index (κ2) is 4.68. The van der Waals surface area contributed by atoms with Gasteiger partial charge in [0.15, 0.2) is 0 Å². The number of piperidine rings is 1. The van der Waals surface area contributed by atoms with Crippen LogP contribution in [0.25, 0.3) is 0 Å². The van der Waals surface area contributed by atoms with E-state index < -0.39 is 11.4 Å². The van der Waals surface area contributed by atoms with Crippen LogP contribution in [0.15, 0.2) is 12.7 Å². The molecule has 0 bridgehead atoms. The van der Waals surface area contributed by atoms with Gasteiger partial charge in [-0.25, -0.2) is 0 Å². The molecule has 4 heteroatoms. The molecule has 0 saturated carbocycles. The lowest BCUT2D eigenvalue weighted by Gasteiger charge is -2.37. The molecule has 1 fully saturated rings. The lowest BCUT2D eigenvalue weighted by molar-refractivity contribution is -0.151. The van der Waals surface area contributed by atoms with E-state index in [1.165, 1.54) is 6.08 Å². The van der Waals surface area contributed by atoms with Crippen molar-refractivity contribution < 1.29 is 14.7 Å². The molecule has 1 saturated heterocycles. The van der Waals surface area contributed by atoms with Crippen molar-refractivity contribution >= 4 is 11.9 Å². The molecule has 1 aliphatic heterocycles. The van der Waals surface area contributed by atoms with Crippen molar-refractivity contribution in [3.63, 3.8) is 0 Å². The molecule has 1 rings (SSSR count). The van der Waals surface area contributed by atoms with Crippen molar-refractivity contribution in [3.05, 3.63) is 12.7 Å². The summed E-state index contributed by atoms with van der Waals surface area (Å²) in [7, 11) is 0. The largest absolute Gasteiger partial charge is 0.481 e. The molecule has 0 aromatic rings. The Labute approximate surface area is 95.9 Å². The molecule has 0 aromatic heterocycles. The molecule has 0 unspecified atom stereocenters. The van der Waals surface area contributed by atoms with Crippen LogP contribution in [0.3, 0.4) is 0 Å². The van der Waals surface area contributed by atoms with Crippen LogP contribution in [0, 0.1) is 11.3 Å². The Morgan fingerprint density at radius 2 is 1.88 bits per heavy atom. The van der Waals surface area contributed by atoms with Crippen LogP contribution in [0.5, 0.6) is 0 Å². The number of aliphatic carboxylic acids is 1. The molecule has 1 aliphatic rings. The highest BCUT2D eigenvalue weighted by Crippen LogP contribution is 2.33. The molecule has 0 aliphatic carbocycles. The highest BCUT2D eigenvalue weighted by molar-refractivity contribution is 5.80. The summed E-state index contributed by atoms with van der Waals surface area (Å²) in [6.45, 7) is 8.33. The van der Waals surface area contributed by atoms with Crippen LogP contribution >= 0.6 is 0 Å². The van der Waals surface area contributed by atoms with E-state index in [0.29, 0.717) is 25.9 Å². The number of nitrogens with zero attached hydrogens (tertiary/aromatic N) is 1. The Bertz CT molecular complexity index is 301. The molecule has 0 atom stereocenters. The van der Waals surface area contributed by atoms with Crippen LogP contribution in [-0.4, -0.2) is 35.0 Å². The highest BCUT2D eigenvalue weighted by Gasteiger charge is 2.39. The van der Waals surface area contributed by atoms with Crippen molar-refractivity contribution in [1.29, 1.82) is 0 Å². The van der Waals surface area contributed by atoms with Gasteiger partial charge in [0.2, 0.25) is 5.91 Å². The summed E-state index contributed by atoms with van der Waals surface area (Å²) in [4.78, 5) is 24.6. The molecule has 0 radical (unpaired) electrons. The van der Waals surface area contributed by atoms with Gasteiger partial charge in [0.25, 0.3) is 0 Å². The third-order valence-corrected chi connectivity index (χ3v) is 3.28. The van der Waals surface area contributed by atoms with E-state index in [1.807, 2.05) is 13.8 Å². The Hall–Kier alpha value is -1.32. The molecule has 1 amide bonds. The topological polar surface area (TPSA) is 57.6 Å². The van der Waals surface area contributed by atoms with Gasteiger partial charge in [-0.3, -0.25) is 9.59 Å². The van der Waals surface area contributed by atoms with E-state index in [4.69, 9.17) is 5.11 Å². The zero-order chi connectivity index (χ0) is 12.3. The maximum absolute atomic E-state index is 11.7. The predicted octanol–water partition coefficient (Wildman–Crippen LogP) is 1.52. The molecule has 90 valence electrons. The average Bonchev–Trinajstić information content (AvgIpc) is 2.27. The highest BCUT2D eigenvalue weighted by atomic mass is 16.4. The molecular weight excluding hydrogens is 206 g/mol. The van der Waals surface area contributed by atoms with E-state index in [0.717, 1.165) is 0 Å². The minimum Gasteiger partial charge on any atom is -0.481 e. The number of carboxylic acid groups (broad SMARTS) is 1.